The maximum absolute atomic E-state index is 11.2. The van der Waals surface area contributed by atoms with Crippen molar-refractivity contribution in [1.29, 1.82) is 0 Å². The highest BCUT2D eigenvalue weighted by Crippen LogP contribution is 2.27. The molecule has 1 aromatic carbocycles. The predicted molar refractivity (Wildman–Crippen MR) is 83.3 cm³/mol. The zero-order chi connectivity index (χ0) is 13.4. The van der Waals surface area contributed by atoms with Gasteiger partial charge in [0.05, 0.1) is 21.7 Å². The first-order valence-corrected chi connectivity index (χ1v) is 7.55. The first-order valence-electron chi connectivity index (χ1n) is 5.50. The molecule has 0 spiro atoms. The van der Waals surface area contributed by atoms with Crippen LogP contribution in [0.1, 0.15) is 4.88 Å². The van der Waals surface area contributed by atoms with Crippen molar-refractivity contribution in [3.8, 4) is 0 Å². The molecule has 2 heterocycles. The number of H-pyrrole nitrogens is 2. The topological polar surface area (TPSA) is 60.7 Å². The molecule has 0 aliphatic rings. The van der Waals surface area contributed by atoms with Crippen molar-refractivity contribution in [2.45, 2.75) is 6.54 Å². The average molecular weight is 359 g/mol. The fraction of sp³-hybridized carbons (Fsp3) is 0.0833. The molecule has 0 radical (unpaired) electrons. The van der Waals surface area contributed by atoms with E-state index in [2.05, 4.69) is 31.2 Å². The SMILES string of the molecule is O=c1[nH]c2cc(Br)c(NCc3cc(Cl)cs3)cc2[nH]1. The Bertz CT molecular complexity index is 792. The molecule has 0 bridgehead atoms. The third kappa shape index (κ3) is 2.70. The van der Waals surface area contributed by atoms with E-state index in [4.69, 9.17) is 11.6 Å². The maximum atomic E-state index is 11.2. The molecule has 3 rings (SSSR count). The minimum Gasteiger partial charge on any atom is -0.379 e. The Hall–Kier alpha value is -1.24. The van der Waals surface area contributed by atoms with Crippen LogP contribution >= 0.6 is 38.9 Å². The number of aromatic amines is 2. The lowest BCUT2D eigenvalue weighted by Gasteiger charge is -2.07. The summed E-state index contributed by atoms with van der Waals surface area (Å²) in [4.78, 5) is 17.8. The summed E-state index contributed by atoms with van der Waals surface area (Å²) >= 11 is 11.0. The molecule has 0 aliphatic heterocycles. The van der Waals surface area contributed by atoms with Gasteiger partial charge < -0.3 is 15.3 Å². The van der Waals surface area contributed by atoms with Gasteiger partial charge in [0.1, 0.15) is 0 Å². The highest BCUT2D eigenvalue weighted by molar-refractivity contribution is 9.10. The van der Waals surface area contributed by atoms with E-state index in [0.29, 0.717) is 6.54 Å². The lowest BCUT2D eigenvalue weighted by atomic mass is 10.2. The number of hydrogen-bond acceptors (Lipinski definition) is 3. The van der Waals surface area contributed by atoms with Gasteiger partial charge in [-0.2, -0.15) is 0 Å². The molecular weight excluding hydrogens is 350 g/mol. The molecule has 0 amide bonds. The molecule has 0 fully saturated rings. The van der Waals surface area contributed by atoms with Crippen LogP contribution in [0.2, 0.25) is 5.02 Å². The van der Waals surface area contributed by atoms with E-state index < -0.39 is 0 Å². The van der Waals surface area contributed by atoms with Gasteiger partial charge in [-0.25, -0.2) is 4.79 Å². The standard InChI is InChI=1S/C12H9BrClN3OS/c13-8-2-10-11(17-12(18)16-10)3-9(8)15-4-7-1-6(14)5-19-7/h1-3,5,15H,4H2,(H2,16,17,18). The number of aromatic nitrogens is 2. The molecule has 0 unspecified atom stereocenters. The van der Waals surface area contributed by atoms with Crippen LogP contribution in [0, 0.1) is 0 Å². The number of benzene rings is 1. The summed E-state index contributed by atoms with van der Waals surface area (Å²) in [6.45, 7) is 0.691. The van der Waals surface area contributed by atoms with E-state index in [9.17, 15) is 4.79 Å². The smallest absolute Gasteiger partial charge is 0.323 e. The van der Waals surface area contributed by atoms with E-state index >= 15 is 0 Å². The number of imidazole rings is 1. The molecule has 4 nitrogen and oxygen atoms in total. The second-order valence-electron chi connectivity index (χ2n) is 4.04. The second kappa shape index (κ2) is 5.03. The quantitative estimate of drug-likeness (QED) is 0.664. The van der Waals surface area contributed by atoms with Crippen LogP contribution in [0.15, 0.2) is 32.8 Å². The van der Waals surface area contributed by atoms with Crippen molar-refractivity contribution < 1.29 is 0 Å². The number of nitrogens with one attached hydrogen (secondary N) is 3. The highest BCUT2D eigenvalue weighted by Gasteiger charge is 2.06. The monoisotopic (exact) mass is 357 g/mol. The zero-order valence-electron chi connectivity index (χ0n) is 9.59. The van der Waals surface area contributed by atoms with Crippen LogP contribution in [-0.4, -0.2) is 9.97 Å². The molecule has 0 saturated heterocycles. The van der Waals surface area contributed by atoms with Gasteiger partial charge in [-0.05, 0) is 34.1 Å². The summed E-state index contributed by atoms with van der Waals surface area (Å²) in [5, 5.41) is 5.97. The van der Waals surface area contributed by atoms with Crippen molar-refractivity contribution in [1.82, 2.24) is 9.97 Å². The van der Waals surface area contributed by atoms with Gasteiger partial charge in [0, 0.05) is 21.3 Å². The van der Waals surface area contributed by atoms with Crippen molar-refractivity contribution in [2.24, 2.45) is 0 Å². The van der Waals surface area contributed by atoms with E-state index in [-0.39, 0.29) is 5.69 Å². The normalized spacial score (nSPS) is 11.1. The van der Waals surface area contributed by atoms with E-state index in [1.165, 1.54) is 0 Å². The van der Waals surface area contributed by atoms with Crippen molar-refractivity contribution in [2.75, 3.05) is 5.32 Å². The third-order valence-corrected chi connectivity index (χ3v) is 4.62. The summed E-state index contributed by atoms with van der Waals surface area (Å²) < 4.78 is 0.901. The number of fused-ring (bicyclic) bond motifs is 1. The molecule has 0 saturated carbocycles. The van der Waals surface area contributed by atoms with Gasteiger partial charge in [-0.1, -0.05) is 11.6 Å². The van der Waals surface area contributed by atoms with Gasteiger partial charge in [0.25, 0.3) is 0 Å². The first kappa shape index (κ1) is 12.8. The van der Waals surface area contributed by atoms with E-state index in [1.54, 1.807) is 11.3 Å². The number of hydrogen-bond donors (Lipinski definition) is 3. The molecule has 19 heavy (non-hydrogen) atoms. The van der Waals surface area contributed by atoms with Crippen LogP contribution in [0.3, 0.4) is 0 Å². The molecule has 3 N–H and O–H groups in total. The summed E-state index contributed by atoms with van der Waals surface area (Å²) in [7, 11) is 0. The minimum atomic E-state index is -0.205. The molecule has 3 aromatic rings. The Kier molecular flexibility index (Phi) is 3.38. The molecular formula is C12H9BrClN3OS. The van der Waals surface area contributed by atoms with Crippen molar-refractivity contribution in [3.63, 3.8) is 0 Å². The van der Waals surface area contributed by atoms with Crippen LogP contribution < -0.4 is 11.0 Å². The van der Waals surface area contributed by atoms with Crippen molar-refractivity contribution >= 4 is 55.6 Å². The van der Waals surface area contributed by atoms with Crippen LogP contribution in [0.25, 0.3) is 11.0 Å². The Morgan fingerprint density at radius 1 is 1.26 bits per heavy atom. The average Bonchev–Trinajstić information content (AvgIpc) is 2.91. The summed E-state index contributed by atoms with van der Waals surface area (Å²) in [5.41, 5.74) is 2.28. The fourth-order valence-corrected chi connectivity index (χ4v) is 3.32. The number of halogens is 2. The summed E-state index contributed by atoms with van der Waals surface area (Å²) in [5.74, 6) is 0. The molecule has 0 atom stereocenters. The van der Waals surface area contributed by atoms with Crippen LogP contribution in [-0.2, 0) is 6.54 Å². The number of anilines is 1. The fourth-order valence-electron chi connectivity index (χ4n) is 1.82. The lowest BCUT2D eigenvalue weighted by Crippen LogP contribution is -1.99. The highest BCUT2D eigenvalue weighted by atomic mass is 79.9. The predicted octanol–water partition coefficient (Wildman–Crippen LogP) is 3.95. The van der Waals surface area contributed by atoms with Gasteiger partial charge in [-0.15, -0.1) is 11.3 Å². The van der Waals surface area contributed by atoms with E-state index in [0.717, 1.165) is 31.1 Å². The van der Waals surface area contributed by atoms with Crippen LogP contribution in [0.5, 0.6) is 0 Å². The first-order chi connectivity index (χ1) is 9.11. The van der Waals surface area contributed by atoms with E-state index in [1.807, 2.05) is 23.6 Å². The van der Waals surface area contributed by atoms with Gasteiger partial charge in [0.15, 0.2) is 0 Å². The van der Waals surface area contributed by atoms with Gasteiger partial charge in [0.2, 0.25) is 0 Å². The minimum absolute atomic E-state index is 0.205. The summed E-state index contributed by atoms with van der Waals surface area (Å²) in [6.07, 6.45) is 0. The summed E-state index contributed by atoms with van der Waals surface area (Å²) in [6, 6.07) is 5.70. The Balaban J connectivity index is 1.87. The third-order valence-electron chi connectivity index (χ3n) is 2.68. The van der Waals surface area contributed by atoms with Gasteiger partial charge in [-0.3, -0.25) is 0 Å². The number of rotatable bonds is 3. The zero-order valence-corrected chi connectivity index (χ0v) is 12.7. The largest absolute Gasteiger partial charge is 0.379 e. The van der Waals surface area contributed by atoms with Crippen LogP contribution in [0.4, 0.5) is 5.69 Å². The Labute approximate surface area is 125 Å². The van der Waals surface area contributed by atoms with Gasteiger partial charge >= 0.3 is 5.69 Å². The molecule has 2 aromatic heterocycles. The Morgan fingerprint density at radius 2 is 2.00 bits per heavy atom. The lowest BCUT2D eigenvalue weighted by molar-refractivity contribution is 1.19. The molecule has 98 valence electrons. The molecule has 0 aliphatic carbocycles. The molecule has 7 heteroatoms. The van der Waals surface area contributed by atoms with Crippen molar-refractivity contribution in [3.05, 3.63) is 48.4 Å². The maximum Gasteiger partial charge on any atom is 0.323 e. The second-order valence-corrected chi connectivity index (χ2v) is 6.33. The number of thiophene rings is 1. The Morgan fingerprint density at radius 3 is 2.68 bits per heavy atom.